The van der Waals surface area contributed by atoms with Crippen LogP contribution in [-0.2, 0) is 15.9 Å². The van der Waals surface area contributed by atoms with E-state index in [4.69, 9.17) is 9.47 Å². The van der Waals surface area contributed by atoms with E-state index in [1.165, 1.54) is 18.4 Å². The molecular weight excluding hydrogens is 238 g/mol. The molecule has 3 rings (SSSR count). The molecule has 0 saturated carbocycles. The van der Waals surface area contributed by atoms with Crippen LogP contribution in [0.2, 0.25) is 0 Å². The standard InChI is InChI=1S/C16H23NO2/c1-2-4-14(5-3-1)12-16-13-17(8-11-19-16)15-6-9-18-10-7-15/h1-5,15-16H,6-13H2/t16-/m0/s1. The summed E-state index contributed by atoms with van der Waals surface area (Å²) < 4.78 is 11.4. The largest absolute Gasteiger partial charge is 0.381 e. The van der Waals surface area contributed by atoms with Crippen molar-refractivity contribution in [1.29, 1.82) is 0 Å². The molecular formula is C16H23NO2. The maximum atomic E-state index is 5.93. The molecule has 0 radical (unpaired) electrons. The monoisotopic (exact) mass is 261 g/mol. The lowest BCUT2D eigenvalue weighted by atomic mass is 10.0. The normalized spacial score (nSPS) is 26.4. The minimum atomic E-state index is 0.346. The van der Waals surface area contributed by atoms with Gasteiger partial charge in [-0.1, -0.05) is 30.3 Å². The molecule has 0 amide bonds. The van der Waals surface area contributed by atoms with Crippen LogP contribution in [0.5, 0.6) is 0 Å². The van der Waals surface area contributed by atoms with Crippen LogP contribution in [0.15, 0.2) is 30.3 Å². The first kappa shape index (κ1) is 13.1. The maximum absolute atomic E-state index is 5.93. The Morgan fingerprint density at radius 2 is 1.84 bits per heavy atom. The summed E-state index contributed by atoms with van der Waals surface area (Å²) in [4.78, 5) is 2.61. The molecule has 0 bridgehead atoms. The zero-order valence-electron chi connectivity index (χ0n) is 11.5. The van der Waals surface area contributed by atoms with Gasteiger partial charge < -0.3 is 9.47 Å². The van der Waals surface area contributed by atoms with E-state index < -0.39 is 0 Å². The number of benzene rings is 1. The summed E-state index contributed by atoms with van der Waals surface area (Å²) in [7, 11) is 0. The Hall–Kier alpha value is -0.900. The number of rotatable bonds is 3. The Bertz CT molecular complexity index is 376. The van der Waals surface area contributed by atoms with Crippen molar-refractivity contribution in [3.05, 3.63) is 35.9 Å². The molecule has 2 saturated heterocycles. The number of hydrogen-bond donors (Lipinski definition) is 0. The number of nitrogens with zero attached hydrogens (tertiary/aromatic N) is 1. The van der Waals surface area contributed by atoms with E-state index in [0.29, 0.717) is 12.1 Å². The van der Waals surface area contributed by atoms with Gasteiger partial charge in [0.25, 0.3) is 0 Å². The fraction of sp³-hybridized carbons (Fsp3) is 0.625. The van der Waals surface area contributed by atoms with Gasteiger partial charge in [0.1, 0.15) is 0 Å². The second kappa shape index (κ2) is 6.51. The van der Waals surface area contributed by atoms with E-state index >= 15 is 0 Å². The second-order valence-electron chi connectivity index (χ2n) is 5.52. The molecule has 1 aromatic rings. The van der Waals surface area contributed by atoms with Gasteiger partial charge in [0.05, 0.1) is 12.7 Å². The Morgan fingerprint density at radius 1 is 1.05 bits per heavy atom. The predicted molar refractivity (Wildman–Crippen MR) is 75.3 cm³/mol. The Balaban J connectivity index is 1.55. The molecule has 0 N–H and O–H groups in total. The lowest BCUT2D eigenvalue weighted by Crippen LogP contribution is -2.49. The van der Waals surface area contributed by atoms with Gasteiger partial charge in [-0.2, -0.15) is 0 Å². The number of morpholine rings is 1. The highest BCUT2D eigenvalue weighted by atomic mass is 16.5. The van der Waals surface area contributed by atoms with Crippen molar-refractivity contribution in [1.82, 2.24) is 4.90 Å². The summed E-state index contributed by atoms with van der Waals surface area (Å²) in [6.07, 6.45) is 3.73. The van der Waals surface area contributed by atoms with Gasteiger partial charge in [0, 0.05) is 32.3 Å². The van der Waals surface area contributed by atoms with E-state index in [-0.39, 0.29) is 0 Å². The van der Waals surface area contributed by atoms with Crippen molar-refractivity contribution in [3.63, 3.8) is 0 Å². The molecule has 104 valence electrons. The van der Waals surface area contributed by atoms with Crippen LogP contribution in [-0.4, -0.2) is 50.0 Å². The van der Waals surface area contributed by atoms with Crippen molar-refractivity contribution >= 4 is 0 Å². The summed E-state index contributed by atoms with van der Waals surface area (Å²) in [6, 6.07) is 11.4. The van der Waals surface area contributed by atoms with Crippen LogP contribution in [0.1, 0.15) is 18.4 Å². The van der Waals surface area contributed by atoms with E-state index in [1.807, 2.05) is 0 Å². The summed E-state index contributed by atoms with van der Waals surface area (Å²) in [5.41, 5.74) is 1.38. The first-order valence-electron chi connectivity index (χ1n) is 7.39. The zero-order valence-corrected chi connectivity index (χ0v) is 11.5. The molecule has 2 aliphatic rings. The Morgan fingerprint density at radius 3 is 2.63 bits per heavy atom. The van der Waals surface area contributed by atoms with Crippen molar-refractivity contribution in [2.24, 2.45) is 0 Å². The van der Waals surface area contributed by atoms with Crippen LogP contribution in [0, 0.1) is 0 Å². The van der Waals surface area contributed by atoms with E-state index in [9.17, 15) is 0 Å². The van der Waals surface area contributed by atoms with Gasteiger partial charge in [0.15, 0.2) is 0 Å². The lowest BCUT2D eigenvalue weighted by Gasteiger charge is -2.39. The molecule has 3 nitrogen and oxygen atoms in total. The van der Waals surface area contributed by atoms with Crippen molar-refractivity contribution in [2.75, 3.05) is 32.9 Å². The number of hydrogen-bond acceptors (Lipinski definition) is 3. The molecule has 2 fully saturated rings. The molecule has 2 heterocycles. The fourth-order valence-electron chi connectivity index (χ4n) is 3.12. The van der Waals surface area contributed by atoms with Gasteiger partial charge in [-0.05, 0) is 24.8 Å². The third kappa shape index (κ3) is 3.56. The smallest absolute Gasteiger partial charge is 0.0742 e. The third-order valence-electron chi connectivity index (χ3n) is 4.18. The van der Waals surface area contributed by atoms with Crippen LogP contribution in [0.25, 0.3) is 0 Å². The molecule has 1 aromatic carbocycles. The molecule has 0 spiro atoms. The molecule has 19 heavy (non-hydrogen) atoms. The highest BCUT2D eigenvalue weighted by Crippen LogP contribution is 2.19. The van der Waals surface area contributed by atoms with Crippen molar-refractivity contribution in [3.8, 4) is 0 Å². The molecule has 0 unspecified atom stereocenters. The lowest BCUT2D eigenvalue weighted by molar-refractivity contribution is -0.0610. The Labute approximate surface area is 115 Å². The third-order valence-corrected chi connectivity index (χ3v) is 4.18. The van der Waals surface area contributed by atoms with Crippen molar-refractivity contribution < 1.29 is 9.47 Å². The van der Waals surface area contributed by atoms with Crippen LogP contribution >= 0.6 is 0 Å². The molecule has 0 aliphatic carbocycles. The highest BCUT2D eigenvalue weighted by molar-refractivity contribution is 5.15. The molecule has 3 heteroatoms. The van der Waals surface area contributed by atoms with Crippen LogP contribution < -0.4 is 0 Å². The topological polar surface area (TPSA) is 21.7 Å². The summed E-state index contributed by atoms with van der Waals surface area (Å²) >= 11 is 0. The van der Waals surface area contributed by atoms with Gasteiger partial charge in [-0.25, -0.2) is 0 Å². The first-order chi connectivity index (χ1) is 9.42. The van der Waals surface area contributed by atoms with Gasteiger partial charge in [0.2, 0.25) is 0 Å². The first-order valence-corrected chi connectivity index (χ1v) is 7.39. The summed E-state index contributed by atoms with van der Waals surface area (Å²) in [6.45, 7) is 4.86. The quantitative estimate of drug-likeness (QED) is 0.832. The number of ether oxygens (including phenoxy) is 2. The van der Waals surface area contributed by atoms with Gasteiger partial charge in [-0.15, -0.1) is 0 Å². The SMILES string of the molecule is c1ccc(C[C@H]2CN(C3CCOCC3)CCO2)cc1. The minimum absolute atomic E-state index is 0.346. The average molecular weight is 261 g/mol. The average Bonchev–Trinajstić information content (AvgIpc) is 2.49. The Kier molecular flexibility index (Phi) is 4.49. The van der Waals surface area contributed by atoms with E-state index in [1.54, 1.807) is 0 Å². The summed E-state index contributed by atoms with van der Waals surface area (Å²) in [5.74, 6) is 0. The van der Waals surface area contributed by atoms with Gasteiger partial charge >= 0.3 is 0 Å². The fourth-order valence-corrected chi connectivity index (χ4v) is 3.12. The van der Waals surface area contributed by atoms with E-state index in [0.717, 1.165) is 39.3 Å². The predicted octanol–water partition coefficient (Wildman–Crippen LogP) is 2.11. The van der Waals surface area contributed by atoms with Crippen molar-refractivity contribution in [2.45, 2.75) is 31.4 Å². The molecule has 2 aliphatic heterocycles. The summed E-state index contributed by atoms with van der Waals surface area (Å²) in [5, 5.41) is 0. The van der Waals surface area contributed by atoms with E-state index in [2.05, 4.69) is 35.2 Å². The minimum Gasteiger partial charge on any atom is -0.381 e. The maximum Gasteiger partial charge on any atom is 0.0742 e. The van der Waals surface area contributed by atoms with Crippen LogP contribution in [0.4, 0.5) is 0 Å². The van der Waals surface area contributed by atoms with Gasteiger partial charge in [-0.3, -0.25) is 4.90 Å². The van der Waals surface area contributed by atoms with Crippen LogP contribution in [0.3, 0.4) is 0 Å². The molecule has 0 aromatic heterocycles. The zero-order chi connectivity index (χ0) is 12.9. The molecule has 1 atom stereocenters. The highest BCUT2D eigenvalue weighted by Gasteiger charge is 2.27. The second-order valence-corrected chi connectivity index (χ2v) is 5.52.